The Morgan fingerprint density at radius 3 is 2.57 bits per heavy atom. The first kappa shape index (κ1) is 21.5. The molecule has 2 heterocycles. The third-order valence-electron chi connectivity index (χ3n) is 4.92. The van der Waals surface area contributed by atoms with E-state index in [-0.39, 0.29) is 37.2 Å². The summed E-state index contributed by atoms with van der Waals surface area (Å²) in [7, 11) is 0. The van der Waals surface area contributed by atoms with Gasteiger partial charge < -0.3 is 15.1 Å². The highest BCUT2D eigenvalue weighted by atomic mass is 16.2. The summed E-state index contributed by atoms with van der Waals surface area (Å²) in [6, 6.07) is 9.50. The van der Waals surface area contributed by atoms with Crippen molar-refractivity contribution in [1.82, 2.24) is 15.1 Å². The highest BCUT2D eigenvalue weighted by Gasteiger charge is 2.47. The summed E-state index contributed by atoms with van der Waals surface area (Å²) < 4.78 is 0. The molecule has 0 aliphatic carbocycles. The Kier molecular flexibility index (Phi) is 5.92. The predicted molar refractivity (Wildman–Crippen MR) is 115 cm³/mol. The lowest BCUT2D eigenvalue weighted by molar-refractivity contribution is -0.146. The van der Waals surface area contributed by atoms with Gasteiger partial charge in [-0.15, -0.1) is 0 Å². The van der Waals surface area contributed by atoms with Gasteiger partial charge in [-0.1, -0.05) is 36.4 Å². The van der Waals surface area contributed by atoms with Gasteiger partial charge in [0.1, 0.15) is 11.4 Å². The maximum atomic E-state index is 13.8. The van der Waals surface area contributed by atoms with E-state index in [2.05, 4.69) is 10.3 Å². The Morgan fingerprint density at radius 2 is 1.90 bits per heavy atom. The van der Waals surface area contributed by atoms with Crippen molar-refractivity contribution in [1.29, 1.82) is 0 Å². The normalized spacial score (nSPS) is 20.5. The number of rotatable bonds is 5. The van der Waals surface area contributed by atoms with Gasteiger partial charge in [0.05, 0.1) is 13.0 Å². The standard InChI is InChI=1S/C23H28N4O3/c1-22(2,3)25-20(29)16-26(15-17-10-6-5-7-11-17)21(30)23(4)14-19(28)24-18-12-8-9-13-27(18)23/h5-13H,14-16H2,1-4H3,(H,25,29). The number of allylic oxidation sites excluding steroid dienone is 2. The Labute approximate surface area is 177 Å². The minimum absolute atomic E-state index is 0.0559. The molecule has 2 aliphatic heterocycles. The molecular formula is C23H28N4O3. The molecule has 0 radical (unpaired) electrons. The van der Waals surface area contributed by atoms with Crippen molar-refractivity contribution in [2.24, 2.45) is 4.99 Å². The molecule has 0 spiro atoms. The molecule has 30 heavy (non-hydrogen) atoms. The zero-order valence-corrected chi connectivity index (χ0v) is 17.9. The fourth-order valence-electron chi connectivity index (χ4n) is 3.64. The summed E-state index contributed by atoms with van der Waals surface area (Å²) in [6.45, 7) is 7.57. The lowest BCUT2D eigenvalue weighted by Crippen LogP contribution is -2.61. The smallest absolute Gasteiger partial charge is 0.250 e. The highest BCUT2D eigenvalue weighted by molar-refractivity contribution is 6.09. The van der Waals surface area contributed by atoms with Crippen molar-refractivity contribution in [2.75, 3.05) is 6.54 Å². The second-order valence-corrected chi connectivity index (χ2v) is 8.83. The minimum atomic E-state index is -1.16. The number of benzene rings is 1. The summed E-state index contributed by atoms with van der Waals surface area (Å²) in [5.41, 5.74) is -0.668. The largest absolute Gasteiger partial charge is 0.350 e. The van der Waals surface area contributed by atoms with Gasteiger partial charge in [-0.05, 0) is 45.4 Å². The monoisotopic (exact) mass is 408 g/mol. The number of amidine groups is 1. The zero-order chi connectivity index (χ0) is 21.9. The topological polar surface area (TPSA) is 82.1 Å². The molecule has 7 nitrogen and oxygen atoms in total. The van der Waals surface area contributed by atoms with Crippen LogP contribution in [0.3, 0.4) is 0 Å². The van der Waals surface area contributed by atoms with Crippen molar-refractivity contribution >= 4 is 23.6 Å². The predicted octanol–water partition coefficient (Wildman–Crippen LogP) is 2.40. The number of nitrogens with one attached hydrogen (secondary N) is 1. The summed E-state index contributed by atoms with van der Waals surface area (Å²) in [5.74, 6) is -0.462. The van der Waals surface area contributed by atoms with Crippen molar-refractivity contribution in [2.45, 2.75) is 51.7 Å². The zero-order valence-electron chi connectivity index (χ0n) is 17.9. The number of nitrogens with zero attached hydrogens (tertiary/aromatic N) is 3. The third kappa shape index (κ3) is 4.84. The van der Waals surface area contributed by atoms with E-state index in [0.29, 0.717) is 5.84 Å². The molecule has 3 rings (SSSR count). The molecular weight excluding hydrogens is 380 g/mol. The van der Waals surface area contributed by atoms with E-state index in [9.17, 15) is 14.4 Å². The van der Waals surface area contributed by atoms with Gasteiger partial charge in [0.25, 0.3) is 5.91 Å². The van der Waals surface area contributed by atoms with Crippen LogP contribution in [0.5, 0.6) is 0 Å². The summed E-state index contributed by atoms with van der Waals surface area (Å²) in [5, 5.41) is 2.91. The second kappa shape index (κ2) is 8.26. The maximum absolute atomic E-state index is 13.8. The van der Waals surface area contributed by atoms with Crippen LogP contribution >= 0.6 is 0 Å². The Bertz CT molecular complexity index is 928. The van der Waals surface area contributed by atoms with Crippen LogP contribution in [0.1, 0.15) is 39.7 Å². The quantitative estimate of drug-likeness (QED) is 0.811. The molecule has 0 bridgehead atoms. The molecule has 1 aromatic carbocycles. The molecule has 0 aromatic heterocycles. The molecule has 0 saturated heterocycles. The van der Waals surface area contributed by atoms with Crippen LogP contribution in [0.15, 0.2) is 59.8 Å². The Hall–Kier alpha value is -3.22. The third-order valence-corrected chi connectivity index (χ3v) is 4.92. The first-order valence-electron chi connectivity index (χ1n) is 9.98. The number of fused-ring (bicyclic) bond motifs is 1. The average molecular weight is 409 g/mol. The molecule has 0 saturated carbocycles. The van der Waals surface area contributed by atoms with Crippen molar-refractivity contribution < 1.29 is 14.4 Å². The molecule has 3 amide bonds. The summed E-state index contributed by atoms with van der Waals surface area (Å²) >= 11 is 0. The second-order valence-electron chi connectivity index (χ2n) is 8.83. The molecule has 1 atom stereocenters. The van der Waals surface area contributed by atoms with Crippen LogP contribution < -0.4 is 5.32 Å². The highest BCUT2D eigenvalue weighted by Crippen LogP contribution is 2.30. The van der Waals surface area contributed by atoms with Gasteiger partial charge >= 0.3 is 0 Å². The van der Waals surface area contributed by atoms with E-state index in [1.807, 2.05) is 51.1 Å². The summed E-state index contributed by atoms with van der Waals surface area (Å²) in [6.07, 6.45) is 6.97. The lowest BCUT2D eigenvalue weighted by Gasteiger charge is -2.44. The van der Waals surface area contributed by atoms with E-state index in [1.165, 1.54) is 4.90 Å². The minimum Gasteiger partial charge on any atom is -0.350 e. The molecule has 1 aromatic rings. The fourth-order valence-corrected chi connectivity index (χ4v) is 3.64. The number of hydrogen-bond donors (Lipinski definition) is 1. The summed E-state index contributed by atoms with van der Waals surface area (Å²) in [4.78, 5) is 46.0. The molecule has 1 N–H and O–H groups in total. The number of amides is 3. The van der Waals surface area contributed by atoms with Crippen LogP contribution in [-0.2, 0) is 20.9 Å². The van der Waals surface area contributed by atoms with Crippen LogP contribution in [0.25, 0.3) is 0 Å². The van der Waals surface area contributed by atoms with Crippen LogP contribution in [0.2, 0.25) is 0 Å². The van der Waals surface area contributed by atoms with Crippen molar-refractivity contribution in [3.63, 3.8) is 0 Å². The van der Waals surface area contributed by atoms with Gasteiger partial charge in [-0.2, -0.15) is 4.99 Å². The van der Waals surface area contributed by atoms with Gasteiger partial charge in [0.15, 0.2) is 0 Å². The van der Waals surface area contributed by atoms with Gasteiger partial charge in [0, 0.05) is 18.3 Å². The Morgan fingerprint density at radius 1 is 1.20 bits per heavy atom. The first-order valence-corrected chi connectivity index (χ1v) is 9.98. The number of hydrogen-bond acceptors (Lipinski definition) is 4. The van der Waals surface area contributed by atoms with Crippen LogP contribution in [0.4, 0.5) is 0 Å². The van der Waals surface area contributed by atoms with E-state index in [1.54, 1.807) is 36.3 Å². The van der Waals surface area contributed by atoms with Crippen LogP contribution in [-0.4, -0.2) is 51.0 Å². The van der Waals surface area contributed by atoms with E-state index in [4.69, 9.17) is 0 Å². The first-order chi connectivity index (χ1) is 14.1. The van der Waals surface area contributed by atoms with Gasteiger partial charge in [-0.25, -0.2) is 0 Å². The fraction of sp³-hybridized carbons (Fsp3) is 0.391. The van der Waals surface area contributed by atoms with E-state index < -0.39 is 11.1 Å². The van der Waals surface area contributed by atoms with E-state index >= 15 is 0 Å². The average Bonchev–Trinajstić information content (AvgIpc) is 2.66. The number of carbonyl (C=O) groups excluding carboxylic acids is 3. The number of aliphatic imine (C=N–C) groups is 1. The molecule has 158 valence electrons. The van der Waals surface area contributed by atoms with Gasteiger partial charge in [-0.3, -0.25) is 14.4 Å². The molecule has 1 unspecified atom stereocenters. The number of carbonyl (C=O) groups is 3. The van der Waals surface area contributed by atoms with Gasteiger partial charge in [0.2, 0.25) is 11.8 Å². The van der Waals surface area contributed by atoms with Crippen molar-refractivity contribution in [3.05, 3.63) is 60.3 Å². The molecule has 0 fully saturated rings. The Balaban J connectivity index is 1.91. The SMILES string of the molecule is CC(C)(C)NC(=O)CN(Cc1ccccc1)C(=O)C1(C)CC(=O)N=C2C=CC=CN21. The maximum Gasteiger partial charge on any atom is 0.250 e. The van der Waals surface area contributed by atoms with E-state index in [0.717, 1.165) is 5.56 Å². The molecule has 2 aliphatic rings. The van der Waals surface area contributed by atoms with Crippen molar-refractivity contribution in [3.8, 4) is 0 Å². The molecule has 7 heteroatoms. The lowest BCUT2D eigenvalue weighted by atomic mass is 9.90. The van der Waals surface area contributed by atoms with Crippen LogP contribution in [0, 0.1) is 0 Å².